The Kier molecular flexibility index (Phi) is 9.59. The van der Waals surface area contributed by atoms with Crippen molar-refractivity contribution >= 4 is 0 Å². The standard InChI is InChI=1S/C18H37N/c1-4-5-6-7-8-9-10-11-12-13-14-18(19-3)17-15-16(17)2/h16-19H,4-15H2,1-3H3. The van der Waals surface area contributed by atoms with E-state index in [0.717, 1.165) is 17.9 Å². The van der Waals surface area contributed by atoms with Gasteiger partial charge in [-0.05, 0) is 31.7 Å². The Morgan fingerprint density at radius 2 is 1.37 bits per heavy atom. The summed E-state index contributed by atoms with van der Waals surface area (Å²) in [6.07, 6.45) is 17.4. The molecule has 1 nitrogen and oxygen atoms in total. The molecule has 19 heavy (non-hydrogen) atoms. The summed E-state index contributed by atoms with van der Waals surface area (Å²) < 4.78 is 0. The first-order valence-corrected chi connectivity index (χ1v) is 8.96. The number of hydrogen-bond donors (Lipinski definition) is 1. The van der Waals surface area contributed by atoms with Gasteiger partial charge in [0.15, 0.2) is 0 Å². The number of nitrogens with one attached hydrogen (secondary N) is 1. The highest BCUT2D eigenvalue weighted by Gasteiger charge is 2.38. The molecule has 1 rings (SSSR count). The fourth-order valence-electron chi connectivity index (χ4n) is 3.34. The first-order valence-electron chi connectivity index (χ1n) is 8.96. The summed E-state index contributed by atoms with van der Waals surface area (Å²) in [7, 11) is 2.14. The van der Waals surface area contributed by atoms with Crippen LogP contribution < -0.4 is 5.32 Å². The maximum atomic E-state index is 3.53. The van der Waals surface area contributed by atoms with Crippen molar-refractivity contribution in [3.8, 4) is 0 Å². The molecule has 0 aliphatic heterocycles. The molecule has 114 valence electrons. The Bertz CT molecular complexity index is 202. The van der Waals surface area contributed by atoms with Gasteiger partial charge in [-0.3, -0.25) is 0 Å². The van der Waals surface area contributed by atoms with Crippen LogP contribution in [0.2, 0.25) is 0 Å². The van der Waals surface area contributed by atoms with Crippen LogP contribution in [0, 0.1) is 11.8 Å². The third-order valence-electron chi connectivity index (χ3n) is 4.93. The van der Waals surface area contributed by atoms with E-state index in [1.165, 1.54) is 77.0 Å². The monoisotopic (exact) mass is 267 g/mol. The smallest absolute Gasteiger partial charge is 0.00949 e. The highest BCUT2D eigenvalue weighted by atomic mass is 14.9. The molecule has 0 heterocycles. The summed E-state index contributed by atoms with van der Waals surface area (Å²) in [5.74, 6) is 1.98. The molecular formula is C18H37N. The molecule has 1 N–H and O–H groups in total. The number of rotatable bonds is 13. The summed E-state index contributed by atoms with van der Waals surface area (Å²) in [4.78, 5) is 0. The van der Waals surface area contributed by atoms with Gasteiger partial charge in [-0.15, -0.1) is 0 Å². The normalized spacial score (nSPS) is 23.5. The van der Waals surface area contributed by atoms with E-state index in [9.17, 15) is 0 Å². The van der Waals surface area contributed by atoms with E-state index in [4.69, 9.17) is 0 Å². The molecule has 0 radical (unpaired) electrons. The maximum Gasteiger partial charge on any atom is 0.00949 e. The molecule has 0 spiro atoms. The van der Waals surface area contributed by atoms with Crippen LogP contribution in [0.5, 0.6) is 0 Å². The van der Waals surface area contributed by atoms with Crippen molar-refractivity contribution in [3.63, 3.8) is 0 Å². The van der Waals surface area contributed by atoms with Gasteiger partial charge in [0.25, 0.3) is 0 Å². The molecule has 0 saturated heterocycles. The molecule has 0 amide bonds. The van der Waals surface area contributed by atoms with Crippen LogP contribution in [-0.4, -0.2) is 13.1 Å². The van der Waals surface area contributed by atoms with Crippen molar-refractivity contribution in [1.82, 2.24) is 5.32 Å². The minimum atomic E-state index is 0.809. The first kappa shape index (κ1) is 17.0. The molecular weight excluding hydrogens is 230 g/mol. The minimum absolute atomic E-state index is 0.809. The minimum Gasteiger partial charge on any atom is -0.317 e. The van der Waals surface area contributed by atoms with Crippen LogP contribution in [0.15, 0.2) is 0 Å². The topological polar surface area (TPSA) is 12.0 Å². The zero-order valence-electron chi connectivity index (χ0n) is 13.7. The van der Waals surface area contributed by atoms with E-state index in [1.807, 2.05) is 0 Å². The average Bonchev–Trinajstić information content (AvgIpc) is 3.13. The lowest BCUT2D eigenvalue weighted by molar-refractivity contribution is 0.427. The largest absolute Gasteiger partial charge is 0.317 e. The average molecular weight is 268 g/mol. The zero-order valence-corrected chi connectivity index (χ0v) is 13.7. The maximum absolute atomic E-state index is 3.53. The highest BCUT2D eigenvalue weighted by molar-refractivity contribution is 4.91. The van der Waals surface area contributed by atoms with Gasteiger partial charge in [0.1, 0.15) is 0 Å². The Morgan fingerprint density at radius 1 is 0.895 bits per heavy atom. The lowest BCUT2D eigenvalue weighted by Crippen LogP contribution is -2.27. The van der Waals surface area contributed by atoms with Gasteiger partial charge in [0.2, 0.25) is 0 Å². The Morgan fingerprint density at radius 3 is 1.79 bits per heavy atom. The molecule has 1 fully saturated rings. The highest BCUT2D eigenvalue weighted by Crippen LogP contribution is 2.41. The molecule has 1 saturated carbocycles. The second-order valence-electron chi connectivity index (χ2n) is 6.74. The molecule has 0 aromatic rings. The van der Waals surface area contributed by atoms with Gasteiger partial charge in [0.05, 0.1) is 0 Å². The van der Waals surface area contributed by atoms with Gasteiger partial charge in [-0.25, -0.2) is 0 Å². The summed E-state index contributed by atoms with van der Waals surface area (Å²) >= 11 is 0. The van der Waals surface area contributed by atoms with Gasteiger partial charge in [-0.1, -0.05) is 78.1 Å². The van der Waals surface area contributed by atoms with Crippen molar-refractivity contribution in [2.75, 3.05) is 7.05 Å². The Hall–Kier alpha value is -0.0400. The van der Waals surface area contributed by atoms with Gasteiger partial charge >= 0.3 is 0 Å². The lowest BCUT2D eigenvalue weighted by Gasteiger charge is -2.15. The quantitative estimate of drug-likeness (QED) is 0.432. The summed E-state index contributed by atoms with van der Waals surface area (Å²) in [6, 6.07) is 0.809. The van der Waals surface area contributed by atoms with E-state index < -0.39 is 0 Å². The van der Waals surface area contributed by atoms with E-state index in [2.05, 4.69) is 26.2 Å². The predicted octanol–water partition coefficient (Wildman–Crippen LogP) is 5.54. The number of hydrogen-bond acceptors (Lipinski definition) is 1. The number of unbranched alkanes of at least 4 members (excludes halogenated alkanes) is 9. The zero-order chi connectivity index (χ0) is 13.9. The van der Waals surface area contributed by atoms with Crippen molar-refractivity contribution in [1.29, 1.82) is 0 Å². The fraction of sp³-hybridized carbons (Fsp3) is 1.00. The van der Waals surface area contributed by atoms with Crippen LogP contribution in [-0.2, 0) is 0 Å². The van der Waals surface area contributed by atoms with Crippen LogP contribution in [0.4, 0.5) is 0 Å². The van der Waals surface area contributed by atoms with Crippen molar-refractivity contribution in [2.24, 2.45) is 11.8 Å². The molecule has 0 aromatic heterocycles. The van der Waals surface area contributed by atoms with Gasteiger partial charge in [-0.2, -0.15) is 0 Å². The molecule has 1 heteroatoms. The second-order valence-corrected chi connectivity index (χ2v) is 6.74. The van der Waals surface area contributed by atoms with Gasteiger partial charge < -0.3 is 5.32 Å². The predicted molar refractivity (Wildman–Crippen MR) is 86.6 cm³/mol. The van der Waals surface area contributed by atoms with Crippen molar-refractivity contribution < 1.29 is 0 Å². The summed E-state index contributed by atoms with van der Waals surface area (Å²) in [5, 5.41) is 3.53. The Labute approximate surface area is 121 Å². The fourth-order valence-corrected chi connectivity index (χ4v) is 3.34. The molecule has 3 unspecified atom stereocenters. The third kappa shape index (κ3) is 7.97. The van der Waals surface area contributed by atoms with Crippen LogP contribution in [0.3, 0.4) is 0 Å². The van der Waals surface area contributed by atoms with Crippen molar-refractivity contribution in [3.05, 3.63) is 0 Å². The van der Waals surface area contributed by atoms with Gasteiger partial charge in [0, 0.05) is 6.04 Å². The summed E-state index contributed by atoms with van der Waals surface area (Å²) in [5.41, 5.74) is 0. The molecule has 0 bridgehead atoms. The molecule has 1 aliphatic carbocycles. The summed E-state index contributed by atoms with van der Waals surface area (Å²) in [6.45, 7) is 4.69. The molecule has 1 aliphatic rings. The SMILES string of the molecule is CCCCCCCCCCCCC(NC)C1CC1C. The lowest BCUT2D eigenvalue weighted by atomic mass is 10.0. The van der Waals surface area contributed by atoms with Crippen LogP contribution in [0.1, 0.15) is 90.9 Å². The van der Waals surface area contributed by atoms with E-state index in [-0.39, 0.29) is 0 Å². The van der Waals surface area contributed by atoms with E-state index >= 15 is 0 Å². The van der Waals surface area contributed by atoms with Crippen molar-refractivity contribution in [2.45, 2.75) is 96.9 Å². The van der Waals surface area contributed by atoms with E-state index in [1.54, 1.807) is 0 Å². The Balaban J connectivity index is 1.80. The first-order chi connectivity index (χ1) is 9.29. The van der Waals surface area contributed by atoms with Crippen LogP contribution in [0.25, 0.3) is 0 Å². The second kappa shape index (κ2) is 10.7. The van der Waals surface area contributed by atoms with E-state index in [0.29, 0.717) is 0 Å². The molecule has 3 atom stereocenters. The van der Waals surface area contributed by atoms with Crippen LogP contribution >= 0.6 is 0 Å². The third-order valence-corrected chi connectivity index (χ3v) is 4.93. The molecule has 0 aromatic carbocycles.